The molecule has 0 spiro atoms. The molecular formula is C15H5F18NO3. The van der Waals surface area contributed by atoms with Crippen molar-refractivity contribution in [3.63, 3.8) is 0 Å². The van der Waals surface area contributed by atoms with Crippen LogP contribution in [-0.2, 0) is 14.3 Å². The number of amides is 1. The number of halogens is 18. The van der Waals surface area contributed by atoms with E-state index in [0.717, 1.165) is 0 Å². The molecule has 214 valence electrons. The number of benzene rings is 1. The molecule has 0 unspecified atom stereocenters. The van der Waals surface area contributed by atoms with Gasteiger partial charge in [0.25, 0.3) is 5.91 Å². The van der Waals surface area contributed by atoms with Crippen molar-refractivity contribution >= 4 is 11.6 Å². The molecule has 0 saturated carbocycles. The Kier molecular flexibility index (Phi) is 8.11. The average Bonchev–Trinajstić information content (AvgIpc) is 2.66. The summed E-state index contributed by atoms with van der Waals surface area (Å²) in [5.74, 6) is -27.7. The molecule has 4 nitrogen and oxygen atoms in total. The Labute approximate surface area is 190 Å². The van der Waals surface area contributed by atoms with Crippen LogP contribution in [-0.4, -0.2) is 54.3 Å². The number of rotatable bonds is 8. The topological polar surface area (TPSA) is 47.6 Å². The van der Waals surface area contributed by atoms with Gasteiger partial charge in [-0.2, -0.15) is 74.6 Å². The molecule has 1 N–H and O–H groups in total. The molecule has 1 aromatic rings. The van der Waals surface area contributed by atoms with E-state index < -0.39 is 65.8 Å². The second-order valence-corrected chi connectivity index (χ2v) is 6.46. The third kappa shape index (κ3) is 5.93. The predicted octanol–water partition coefficient (Wildman–Crippen LogP) is 6.64. The zero-order valence-electron chi connectivity index (χ0n) is 16.3. The quantitative estimate of drug-likeness (QED) is 0.347. The molecule has 0 fully saturated rings. The third-order valence-corrected chi connectivity index (χ3v) is 3.76. The number of ether oxygens (including phenoxy) is 2. The summed E-state index contributed by atoms with van der Waals surface area (Å²) in [6.45, 7) is 0. The average molecular weight is 589 g/mol. The smallest absolute Gasteiger partial charge is 0.321 e. The van der Waals surface area contributed by atoms with Gasteiger partial charge in [0.05, 0.1) is 0 Å². The summed E-state index contributed by atoms with van der Waals surface area (Å²) in [4.78, 5) is 11.6. The molecule has 0 aliphatic rings. The lowest BCUT2D eigenvalue weighted by Crippen LogP contribution is -2.68. The summed E-state index contributed by atoms with van der Waals surface area (Å²) in [5.41, 5.74) is -1.13. The van der Waals surface area contributed by atoms with Gasteiger partial charge in [0.1, 0.15) is 5.82 Å². The summed E-state index contributed by atoms with van der Waals surface area (Å²) in [6.07, 6.45) is -38.8. The number of hydrogen-bond acceptors (Lipinski definition) is 3. The van der Waals surface area contributed by atoms with E-state index in [9.17, 15) is 83.8 Å². The molecule has 37 heavy (non-hydrogen) atoms. The highest BCUT2D eigenvalue weighted by molar-refractivity contribution is 5.96. The highest BCUT2D eigenvalue weighted by atomic mass is 19.4. The van der Waals surface area contributed by atoms with Gasteiger partial charge in [-0.3, -0.25) is 14.3 Å². The lowest BCUT2D eigenvalue weighted by atomic mass is 10.2. The lowest BCUT2D eigenvalue weighted by molar-refractivity contribution is -0.548. The van der Waals surface area contributed by atoms with Gasteiger partial charge in [0.2, 0.25) is 0 Å². The van der Waals surface area contributed by atoms with E-state index in [1.165, 1.54) is 4.74 Å². The Hall–Kier alpha value is -2.65. The van der Waals surface area contributed by atoms with Gasteiger partial charge in [-0.05, 0) is 24.3 Å². The summed E-state index contributed by atoms with van der Waals surface area (Å²) in [6, 6.07) is 1.23. The molecule has 2 atom stereocenters. The van der Waals surface area contributed by atoms with E-state index in [1.807, 2.05) is 4.74 Å². The Morgan fingerprint density at radius 2 is 1.03 bits per heavy atom. The van der Waals surface area contributed by atoms with Gasteiger partial charge in [0, 0.05) is 5.69 Å². The molecule has 0 aromatic heterocycles. The SMILES string of the molecule is O=C(Nc1ccc(F)cc1)[C@@](F)(OC(F)(F)[C@](F)(OC(F)(F)C(F)(F)C(F)(F)F)C(F)(F)F)C(F)(F)F. The van der Waals surface area contributed by atoms with Crippen molar-refractivity contribution in [2.24, 2.45) is 0 Å². The Balaban J connectivity index is 3.61. The largest absolute Gasteiger partial charge is 0.462 e. The first-order valence-electron chi connectivity index (χ1n) is 8.24. The summed E-state index contributed by atoms with van der Waals surface area (Å²) in [5, 5.41) is 0.701. The van der Waals surface area contributed by atoms with E-state index in [0.29, 0.717) is 29.6 Å². The molecule has 0 aliphatic heterocycles. The standard InChI is InChI=1S/C15H5F18NO3/c16-5-1-3-6(4-2-5)34-7(35)8(17,11(21,22)23)36-15(32,33)10(20,13(27,28)29)37-14(30,31)9(18,19)12(24,25)26/h1-4H,(H,34,35)/t8-,10-/m1/s1. The van der Waals surface area contributed by atoms with E-state index >= 15 is 0 Å². The maximum atomic E-state index is 14.3. The van der Waals surface area contributed by atoms with Crippen LogP contribution in [0.15, 0.2) is 24.3 Å². The Morgan fingerprint density at radius 3 is 1.38 bits per heavy atom. The molecular weight excluding hydrogens is 584 g/mol. The highest BCUT2D eigenvalue weighted by Crippen LogP contribution is 2.56. The van der Waals surface area contributed by atoms with Crippen LogP contribution in [0.2, 0.25) is 0 Å². The van der Waals surface area contributed by atoms with E-state index in [1.54, 1.807) is 0 Å². The van der Waals surface area contributed by atoms with Crippen molar-refractivity contribution in [1.82, 2.24) is 0 Å². The molecule has 0 bridgehead atoms. The predicted molar refractivity (Wildman–Crippen MR) is 77.9 cm³/mol. The fourth-order valence-electron chi connectivity index (χ4n) is 1.91. The van der Waals surface area contributed by atoms with Crippen LogP contribution >= 0.6 is 0 Å². The van der Waals surface area contributed by atoms with Crippen molar-refractivity contribution < 1.29 is 93.3 Å². The number of alkyl halides is 17. The van der Waals surface area contributed by atoms with Gasteiger partial charge in [0.15, 0.2) is 0 Å². The maximum absolute atomic E-state index is 14.3. The Bertz CT molecular complexity index is 969. The Morgan fingerprint density at radius 1 is 0.595 bits per heavy atom. The van der Waals surface area contributed by atoms with Crippen LogP contribution in [0.25, 0.3) is 0 Å². The molecule has 1 rings (SSSR count). The van der Waals surface area contributed by atoms with Crippen molar-refractivity contribution in [3.8, 4) is 0 Å². The van der Waals surface area contributed by atoms with Gasteiger partial charge in [-0.25, -0.2) is 4.39 Å². The molecule has 0 aliphatic carbocycles. The summed E-state index contributed by atoms with van der Waals surface area (Å²) < 4.78 is 238. The second kappa shape index (κ2) is 9.27. The molecule has 0 radical (unpaired) electrons. The zero-order valence-corrected chi connectivity index (χ0v) is 16.3. The third-order valence-electron chi connectivity index (χ3n) is 3.76. The van der Waals surface area contributed by atoms with Crippen LogP contribution < -0.4 is 5.32 Å². The summed E-state index contributed by atoms with van der Waals surface area (Å²) in [7, 11) is 0. The maximum Gasteiger partial charge on any atom is 0.462 e. The normalized spacial score (nSPS) is 17.7. The van der Waals surface area contributed by atoms with Crippen molar-refractivity contribution in [2.75, 3.05) is 5.32 Å². The molecule has 22 heteroatoms. The van der Waals surface area contributed by atoms with Crippen molar-refractivity contribution in [3.05, 3.63) is 30.1 Å². The molecule has 1 amide bonds. The minimum atomic E-state index is -8.10. The minimum absolute atomic E-state index is 0.292. The zero-order chi connectivity index (χ0) is 29.7. The van der Waals surface area contributed by atoms with Crippen LogP contribution in [0.3, 0.4) is 0 Å². The fraction of sp³-hybridized carbons (Fsp3) is 0.533. The van der Waals surface area contributed by atoms with Gasteiger partial charge in [-0.1, -0.05) is 0 Å². The van der Waals surface area contributed by atoms with Crippen LogP contribution in [0.4, 0.5) is 84.7 Å². The van der Waals surface area contributed by atoms with E-state index in [2.05, 4.69) is 0 Å². The van der Waals surface area contributed by atoms with Crippen LogP contribution in [0, 0.1) is 5.82 Å². The number of nitrogens with one attached hydrogen (secondary N) is 1. The number of carbonyl (C=O) groups is 1. The molecule has 1 aromatic carbocycles. The van der Waals surface area contributed by atoms with Crippen LogP contribution in [0.1, 0.15) is 0 Å². The lowest BCUT2D eigenvalue weighted by Gasteiger charge is -2.40. The second-order valence-electron chi connectivity index (χ2n) is 6.46. The number of anilines is 1. The first kappa shape index (κ1) is 32.4. The van der Waals surface area contributed by atoms with Crippen molar-refractivity contribution in [2.45, 2.75) is 48.4 Å². The van der Waals surface area contributed by atoms with Gasteiger partial charge in [-0.15, -0.1) is 0 Å². The fourth-order valence-corrected chi connectivity index (χ4v) is 1.91. The first-order chi connectivity index (χ1) is 16.1. The molecule has 0 saturated heterocycles. The van der Waals surface area contributed by atoms with E-state index in [4.69, 9.17) is 0 Å². The van der Waals surface area contributed by atoms with Gasteiger partial charge >= 0.3 is 48.4 Å². The van der Waals surface area contributed by atoms with Crippen molar-refractivity contribution in [1.29, 1.82) is 0 Å². The monoisotopic (exact) mass is 589 g/mol. The summed E-state index contributed by atoms with van der Waals surface area (Å²) >= 11 is 0. The van der Waals surface area contributed by atoms with Gasteiger partial charge < -0.3 is 5.32 Å². The minimum Gasteiger partial charge on any atom is -0.321 e. The highest BCUT2D eigenvalue weighted by Gasteiger charge is 2.85. The van der Waals surface area contributed by atoms with E-state index in [-0.39, 0.29) is 0 Å². The first-order valence-corrected chi connectivity index (χ1v) is 8.24. The van der Waals surface area contributed by atoms with Crippen LogP contribution in [0.5, 0.6) is 0 Å². The number of hydrogen-bond donors (Lipinski definition) is 1. The number of carbonyl (C=O) groups excluding carboxylic acids is 1. The molecule has 0 heterocycles.